The van der Waals surface area contributed by atoms with Crippen LogP contribution >= 0.6 is 0 Å². The molecule has 1 aliphatic rings. The van der Waals surface area contributed by atoms with E-state index in [4.69, 9.17) is 4.42 Å². The Kier molecular flexibility index (Phi) is 5.16. The van der Waals surface area contributed by atoms with Crippen molar-refractivity contribution >= 4 is 17.3 Å². The maximum Gasteiger partial charge on any atom is 0.134 e. The summed E-state index contributed by atoms with van der Waals surface area (Å²) < 4.78 is 5.73. The van der Waals surface area contributed by atoms with Gasteiger partial charge in [0.25, 0.3) is 0 Å². The van der Waals surface area contributed by atoms with E-state index in [0.29, 0.717) is 0 Å². The van der Waals surface area contributed by atoms with Crippen LogP contribution in [0.5, 0.6) is 0 Å². The zero-order valence-electron chi connectivity index (χ0n) is 11.4. The first-order valence-electron chi connectivity index (χ1n) is 7.00. The maximum absolute atomic E-state index is 9.56. The summed E-state index contributed by atoms with van der Waals surface area (Å²) in [5, 5.41) is 4.60. The van der Waals surface area contributed by atoms with Crippen molar-refractivity contribution < 1.29 is 9.21 Å². The van der Waals surface area contributed by atoms with E-state index in [0.717, 1.165) is 56.4 Å². The third-order valence-corrected chi connectivity index (χ3v) is 3.29. The minimum Gasteiger partial charge on any atom is -0.459 e. The highest BCUT2D eigenvalue weighted by atomic mass is 16.3. The second-order valence-electron chi connectivity index (χ2n) is 4.74. The van der Waals surface area contributed by atoms with E-state index in [1.807, 2.05) is 12.1 Å². The maximum atomic E-state index is 9.56. The van der Waals surface area contributed by atoms with Crippen molar-refractivity contribution in [1.82, 2.24) is 5.32 Å². The van der Waals surface area contributed by atoms with Gasteiger partial charge < -0.3 is 14.5 Å². The molecule has 1 aromatic heterocycles. The zero-order chi connectivity index (χ0) is 13.5. The second kappa shape index (κ2) is 7.10. The summed E-state index contributed by atoms with van der Waals surface area (Å²) >= 11 is 0. The van der Waals surface area contributed by atoms with Crippen molar-refractivity contribution in [2.75, 3.05) is 6.54 Å². The number of unbranched alkanes of at least 4 members (excludes halogenated alkanes) is 2. The van der Waals surface area contributed by atoms with Crippen LogP contribution in [0.25, 0.3) is 11.0 Å². The van der Waals surface area contributed by atoms with Crippen LogP contribution in [0.1, 0.15) is 37.5 Å². The van der Waals surface area contributed by atoms with Crippen molar-refractivity contribution in [1.29, 1.82) is 0 Å². The highest BCUT2D eigenvalue weighted by Gasteiger charge is 2.16. The highest BCUT2D eigenvalue weighted by molar-refractivity contribution is 5.82. The molecule has 19 heavy (non-hydrogen) atoms. The van der Waals surface area contributed by atoms with E-state index in [1.165, 1.54) is 10.9 Å². The van der Waals surface area contributed by atoms with E-state index < -0.39 is 0 Å². The fourth-order valence-electron chi connectivity index (χ4n) is 2.27. The van der Waals surface area contributed by atoms with Gasteiger partial charge in [0.1, 0.15) is 17.6 Å². The number of furan rings is 1. The largest absolute Gasteiger partial charge is 0.459 e. The summed E-state index contributed by atoms with van der Waals surface area (Å²) in [6, 6.07) is 8.27. The van der Waals surface area contributed by atoms with Gasteiger partial charge in [-0.3, -0.25) is 0 Å². The predicted molar refractivity (Wildman–Crippen MR) is 77.2 cm³/mol. The third-order valence-electron chi connectivity index (χ3n) is 3.29. The third kappa shape index (κ3) is 3.44. The second-order valence-corrected chi connectivity index (χ2v) is 4.74. The van der Waals surface area contributed by atoms with Crippen LogP contribution < -0.4 is 5.32 Å². The minimum atomic E-state index is 0.733. The van der Waals surface area contributed by atoms with Crippen LogP contribution in [-0.2, 0) is 17.8 Å². The average molecular weight is 259 g/mol. The number of carbonyl (C=O) groups is 1. The molecule has 0 atom stereocenters. The lowest BCUT2D eigenvalue weighted by molar-refractivity contribution is -0.107. The molecule has 0 saturated heterocycles. The van der Waals surface area contributed by atoms with Crippen LogP contribution in [-0.4, -0.2) is 12.8 Å². The molecule has 0 amide bonds. The first kappa shape index (κ1) is 13.8. The first-order valence-corrected chi connectivity index (χ1v) is 7.00. The van der Waals surface area contributed by atoms with Gasteiger partial charge in [-0.25, -0.2) is 0 Å². The van der Waals surface area contributed by atoms with Crippen LogP contribution in [0, 0.1) is 0 Å². The summed E-state index contributed by atoms with van der Waals surface area (Å²) in [7, 11) is 0. The Morgan fingerprint density at radius 3 is 2.95 bits per heavy atom. The van der Waals surface area contributed by atoms with Gasteiger partial charge in [0.15, 0.2) is 0 Å². The molecule has 0 spiro atoms. The Labute approximate surface area is 114 Å². The van der Waals surface area contributed by atoms with Crippen LogP contribution in [0.4, 0.5) is 0 Å². The predicted octanol–water partition coefficient (Wildman–Crippen LogP) is 3.45. The van der Waals surface area contributed by atoms with Gasteiger partial charge in [-0.05, 0) is 25.5 Å². The van der Waals surface area contributed by atoms with E-state index in [2.05, 4.69) is 24.4 Å². The van der Waals surface area contributed by atoms with Crippen LogP contribution in [0.2, 0.25) is 0 Å². The van der Waals surface area contributed by atoms with Gasteiger partial charge in [0.2, 0.25) is 0 Å². The molecule has 2 heterocycles. The Morgan fingerprint density at radius 2 is 2.21 bits per heavy atom. The van der Waals surface area contributed by atoms with E-state index in [1.54, 1.807) is 0 Å². The fraction of sp³-hybridized carbons (Fsp3) is 0.438. The Morgan fingerprint density at radius 1 is 1.37 bits per heavy atom. The Hall–Kier alpha value is -1.61. The molecule has 102 valence electrons. The lowest BCUT2D eigenvalue weighted by atomic mass is 10.1. The summed E-state index contributed by atoms with van der Waals surface area (Å²) in [5.74, 6) is 1.12. The number of fused-ring (bicyclic) bond motifs is 3. The molecule has 1 N–H and O–H groups in total. The van der Waals surface area contributed by atoms with Gasteiger partial charge in [-0.15, -0.1) is 0 Å². The molecule has 0 saturated carbocycles. The minimum absolute atomic E-state index is 0.733. The van der Waals surface area contributed by atoms with Gasteiger partial charge in [-0.1, -0.05) is 31.5 Å². The van der Waals surface area contributed by atoms with E-state index in [9.17, 15) is 4.79 Å². The molecule has 1 aromatic carbocycles. The van der Waals surface area contributed by atoms with Gasteiger partial charge in [0, 0.05) is 17.4 Å². The number of para-hydroxylation sites is 1. The summed E-state index contributed by atoms with van der Waals surface area (Å²) in [5.41, 5.74) is 2.42. The Balaban J connectivity index is 0.000000192. The monoisotopic (exact) mass is 259 g/mol. The molecule has 0 fully saturated rings. The number of carbonyl (C=O) groups excluding carboxylic acids is 1. The van der Waals surface area contributed by atoms with Gasteiger partial charge in [0.05, 0.1) is 6.54 Å². The molecular weight excluding hydrogens is 238 g/mol. The molecular formula is C16H21NO2. The first-order chi connectivity index (χ1) is 9.36. The van der Waals surface area contributed by atoms with E-state index in [-0.39, 0.29) is 0 Å². The Bertz CT molecular complexity index is 531. The van der Waals surface area contributed by atoms with Crippen molar-refractivity contribution in [3.63, 3.8) is 0 Å². The van der Waals surface area contributed by atoms with Gasteiger partial charge in [-0.2, -0.15) is 0 Å². The zero-order valence-corrected chi connectivity index (χ0v) is 11.4. The smallest absolute Gasteiger partial charge is 0.134 e. The fourth-order valence-corrected chi connectivity index (χ4v) is 2.27. The van der Waals surface area contributed by atoms with Crippen molar-refractivity contribution in [3.05, 3.63) is 35.6 Å². The quantitative estimate of drug-likeness (QED) is 0.678. The molecule has 3 nitrogen and oxygen atoms in total. The number of nitrogens with one attached hydrogen (secondary N) is 1. The lowest BCUT2D eigenvalue weighted by Crippen LogP contribution is -2.22. The number of rotatable bonds is 3. The van der Waals surface area contributed by atoms with Gasteiger partial charge >= 0.3 is 0 Å². The number of hydrogen-bond donors (Lipinski definition) is 1. The molecule has 1 aliphatic heterocycles. The average Bonchev–Trinajstić information content (AvgIpc) is 2.84. The SMILES string of the molecule is CCCCC=O.c1ccc2c3c(oc2c1)CNCC3. The molecule has 3 heteroatoms. The van der Waals surface area contributed by atoms with Crippen molar-refractivity contribution in [2.24, 2.45) is 0 Å². The summed E-state index contributed by atoms with van der Waals surface area (Å²) in [6.07, 6.45) is 4.95. The van der Waals surface area contributed by atoms with Crippen LogP contribution in [0.15, 0.2) is 28.7 Å². The highest BCUT2D eigenvalue weighted by Crippen LogP contribution is 2.27. The van der Waals surface area contributed by atoms with Crippen molar-refractivity contribution in [2.45, 2.75) is 39.2 Å². The molecule has 0 bridgehead atoms. The number of benzene rings is 1. The molecule has 0 aliphatic carbocycles. The van der Waals surface area contributed by atoms with Crippen LogP contribution in [0.3, 0.4) is 0 Å². The molecule has 0 unspecified atom stereocenters. The molecule has 2 aromatic rings. The molecule has 3 rings (SSSR count). The normalized spacial score (nSPS) is 13.5. The summed E-state index contributed by atoms with van der Waals surface area (Å²) in [4.78, 5) is 9.56. The standard InChI is InChI=1S/C11H11NO.C5H10O/c1-2-4-10-8(3-1)9-5-6-12-7-11(9)13-10;1-2-3-4-5-6/h1-4,12H,5-7H2;5H,2-4H2,1H3. The number of aldehydes is 1. The topological polar surface area (TPSA) is 42.2 Å². The van der Waals surface area contributed by atoms with Crippen molar-refractivity contribution in [3.8, 4) is 0 Å². The number of hydrogen-bond acceptors (Lipinski definition) is 3. The molecule has 0 radical (unpaired) electrons. The summed E-state index contributed by atoms with van der Waals surface area (Å²) in [6.45, 7) is 4.02. The lowest BCUT2D eigenvalue weighted by Gasteiger charge is -2.10. The van der Waals surface area contributed by atoms with E-state index >= 15 is 0 Å².